The number of rotatable bonds is 2. The van der Waals surface area contributed by atoms with Crippen LogP contribution in [0.15, 0.2) is 12.1 Å². The third-order valence-electron chi connectivity index (χ3n) is 3.18. The Balaban J connectivity index is 2.49. The normalized spacial score (nSPS) is 19.1. The summed E-state index contributed by atoms with van der Waals surface area (Å²) in [6.07, 6.45) is -4.48. The van der Waals surface area contributed by atoms with Crippen LogP contribution in [0.3, 0.4) is 0 Å². The minimum atomic E-state index is -4.48. The van der Waals surface area contributed by atoms with Gasteiger partial charge in [0, 0.05) is 36.8 Å². The average molecular weight is 348 g/mol. The number of nitrogens with zero attached hydrogens (tertiary/aromatic N) is 1. The molecule has 1 aromatic carbocycles. The van der Waals surface area contributed by atoms with Crippen LogP contribution >= 0.6 is 34.8 Å². The molecule has 1 saturated heterocycles. The van der Waals surface area contributed by atoms with Crippen LogP contribution in [0.2, 0.25) is 15.1 Å². The predicted octanol–water partition coefficient (Wildman–Crippen LogP) is 4.16. The van der Waals surface area contributed by atoms with Crippen LogP contribution in [0.4, 0.5) is 13.2 Å². The summed E-state index contributed by atoms with van der Waals surface area (Å²) in [5, 5.41) is 2.91. The van der Waals surface area contributed by atoms with Gasteiger partial charge in [0.25, 0.3) is 0 Å². The molecule has 1 aliphatic rings. The summed E-state index contributed by atoms with van der Waals surface area (Å²) in [7, 11) is 0. The zero-order valence-electron chi connectivity index (χ0n) is 10.3. The topological polar surface area (TPSA) is 15.3 Å². The highest BCUT2D eigenvalue weighted by molar-refractivity contribution is 6.44. The van der Waals surface area contributed by atoms with Gasteiger partial charge in [-0.3, -0.25) is 4.90 Å². The summed E-state index contributed by atoms with van der Waals surface area (Å²) in [6, 6.07) is 0.885. The molecule has 0 spiro atoms. The van der Waals surface area contributed by atoms with Gasteiger partial charge in [-0.05, 0) is 12.1 Å². The van der Waals surface area contributed by atoms with E-state index in [-0.39, 0.29) is 33.7 Å². The number of benzene rings is 1. The zero-order chi connectivity index (χ0) is 14.9. The third kappa shape index (κ3) is 3.34. The minimum absolute atomic E-state index is 0.0275. The molecule has 2 nitrogen and oxygen atoms in total. The summed E-state index contributed by atoms with van der Waals surface area (Å²) >= 11 is 17.7. The molecule has 8 heteroatoms. The lowest BCUT2D eigenvalue weighted by Crippen LogP contribution is -2.49. The van der Waals surface area contributed by atoms with Crippen molar-refractivity contribution in [3.05, 3.63) is 32.8 Å². The van der Waals surface area contributed by atoms with Crippen molar-refractivity contribution in [2.75, 3.05) is 26.2 Å². The molecule has 1 heterocycles. The molecule has 1 aliphatic heterocycles. The molecular formula is C12H12Cl3F3N2. The van der Waals surface area contributed by atoms with Crippen LogP contribution in [0, 0.1) is 0 Å². The zero-order valence-corrected chi connectivity index (χ0v) is 12.5. The van der Waals surface area contributed by atoms with Crippen molar-refractivity contribution >= 4 is 34.8 Å². The van der Waals surface area contributed by atoms with E-state index in [2.05, 4.69) is 5.32 Å². The molecule has 112 valence electrons. The van der Waals surface area contributed by atoms with E-state index in [4.69, 9.17) is 34.8 Å². The van der Waals surface area contributed by atoms with Crippen molar-refractivity contribution in [2.45, 2.75) is 12.2 Å². The number of halogens is 6. The highest BCUT2D eigenvalue weighted by Crippen LogP contribution is 2.45. The standard InChI is InChI=1S/C12H12Cl3F3N2/c13-7-1-2-8(14)10(15)9(7)11(12(16,17)18)20-5-3-19-4-6-20/h1-2,11,19H,3-6H2/t11-/m0/s1. The Morgan fingerprint density at radius 1 is 1.05 bits per heavy atom. The van der Waals surface area contributed by atoms with E-state index in [0.717, 1.165) is 0 Å². The SMILES string of the molecule is FC(F)(F)[C@H](c1c(Cl)ccc(Cl)c1Cl)N1CCNCC1. The van der Waals surface area contributed by atoms with Crippen molar-refractivity contribution in [3.63, 3.8) is 0 Å². The monoisotopic (exact) mass is 346 g/mol. The first-order valence-electron chi connectivity index (χ1n) is 5.97. The first-order valence-corrected chi connectivity index (χ1v) is 7.10. The van der Waals surface area contributed by atoms with E-state index in [1.807, 2.05) is 0 Å². The fourth-order valence-electron chi connectivity index (χ4n) is 2.29. The average Bonchev–Trinajstić information content (AvgIpc) is 2.39. The van der Waals surface area contributed by atoms with Crippen molar-refractivity contribution in [2.24, 2.45) is 0 Å². The second-order valence-electron chi connectivity index (χ2n) is 4.49. The maximum absolute atomic E-state index is 13.5. The van der Waals surface area contributed by atoms with E-state index >= 15 is 0 Å². The molecule has 0 bridgehead atoms. The molecular weight excluding hydrogens is 335 g/mol. The van der Waals surface area contributed by atoms with Gasteiger partial charge in [0.15, 0.2) is 0 Å². The van der Waals surface area contributed by atoms with Gasteiger partial charge in [-0.1, -0.05) is 34.8 Å². The van der Waals surface area contributed by atoms with Gasteiger partial charge < -0.3 is 5.32 Å². The van der Waals surface area contributed by atoms with E-state index < -0.39 is 12.2 Å². The Labute approximate surface area is 129 Å². The smallest absolute Gasteiger partial charge is 0.314 e. The lowest BCUT2D eigenvalue weighted by atomic mass is 10.0. The molecule has 0 aromatic heterocycles. The van der Waals surface area contributed by atoms with Crippen LogP contribution in [0.25, 0.3) is 0 Å². The van der Waals surface area contributed by atoms with Crippen LogP contribution in [0.1, 0.15) is 11.6 Å². The van der Waals surface area contributed by atoms with Gasteiger partial charge in [-0.25, -0.2) is 0 Å². The van der Waals surface area contributed by atoms with Crippen LogP contribution in [-0.2, 0) is 0 Å². The van der Waals surface area contributed by atoms with Gasteiger partial charge in [-0.15, -0.1) is 0 Å². The molecule has 2 rings (SSSR count). The highest BCUT2D eigenvalue weighted by Gasteiger charge is 2.47. The first-order chi connectivity index (χ1) is 9.32. The van der Waals surface area contributed by atoms with Gasteiger partial charge in [0.2, 0.25) is 0 Å². The maximum atomic E-state index is 13.5. The molecule has 1 N–H and O–H groups in total. The Hall–Kier alpha value is -0.200. The number of nitrogens with one attached hydrogen (secondary N) is 1. The Kier molecular flexibility index (Phi) is 5.08. The molecule has 0 amide bonds. The minimum Gasteiger partial charge on any atom is -0.314 e. The van der Waals surface area contributed by atoms with E-state index in [9.17, 15) is 13.2 Å². The Bertz CT molecular complexity index is 488. The van der Waals surface area contributed by atoms with Crippen molar-refractivity contribution in [3.8, 4) is 0 Å². The van der Waals surface area contributed by atoms with Crippen molar-refractivity contribution in [1.82, 2.24) is 10.2 Å². The second-order valence-corrected chi connectivity index (χ2v) is 5.68. The highest BCUT2D eigenvalue weighted by atomic mass is 35.5. The lowest BCUT2D eigenvalue weighted by molar-refractivity contribution is -0.187. The predicted molar refractivity (Wildman–Crippen MR) is 74.7 cm³/mol. The molecule has 0 unspecified atom stereocenters. The molecule has 1 fully saturated rings. The maximum Gasteiger partial charge on any atom is 0.408 e. The lowest BCUT2D eigenvalue weighted by Gasteiger charge is -2.37. The van der Waals surface area contributed by atoms with E-state index in [0.29, 0.717) is 13.1 Å². The molecule has 20 heavy (non-hydrogen) atoms. The molecule has 0 aliphatic carbocycles. The first kappa shape index (κ1) is 16.2. The summed E-state index contributed by atoms with van der Waals surface area (Å²) in [5.41, 5.74) is -0.171. The molecule has 1 atom stereocenters. The number of hydrogen-bond donors (Lipinski definition) is 1. The summed E-state index contributed by atoms with van der Waals surface area (Å²) in [5.74, 6) is 0. The number of alkyl halides is 3. The van der Waals surface area contributed by atoms with Crippen LogP contribution in [-0.4, -0.2) is 37.3 Å². The Morgan fingerprint density at radius 3 is 2.15 bits per heavy atom. The van der Waals surface area contributed by atoms with E-state index in [1.54, 1.807) is 0 Å². The molecule has 0 radical (unpaired) electrons. The van der Waals surface area contributed by atoms with Gasteiger partial charge in [0.05, 0.1) is 10.0 Å². The molecule has 0 saturated carbocycles. The number of hydrogen-bond acceptors (Lipinski definition) is 2. The van der Waals surface area contributed by atoms with Gasteiger partial charge >= 0.3 is 6.18 Å². The van der Waals surface area contributed by atoms with Gasteiger partial charge in [0.1, 0.15) is 6.04 Å². The Morgan fingerprint density at radius 2 is 1.60 bits per heavy atom. The van der Waals surface area contributed by atoms with E-state index in [1.165, 1.54) is 17.0 Å². The largest absolute Gasteiger partial charge is 0.408 e. The van der Waals surface area contributed by atoms with Crippen LogP contribution < -0.4 is 5.32 Å². The summed E-state index contributed by atoms with van der Waals surface area (Å²) < 4.78 is 40.4. The number of piperazine rings is 1. The fraction of sp³-hybridized carbons (Fsp3) is 0.500. The van der Waals surface area contributed by atoms with Gasteiger partial charge in [-0.2, -0.15) is 13.2 Å². The third-order valence-corrected chi connectivity index (χ3v) is 4.33. The summed E-state index contributed by atoms with van der Waals surface area (Å²) in [4.78, 5) is 1.32. The summed E-state index contributed by atoms with van der Waals surface area (Å²) in [6.45, 7) is 1.51. The fourth-order valence-corrected chi connectivity index (χ4v) is 3.03. The quantitative estimate of drug-likeness (QED) is 0.808. The van der Waals surface area contributed by atoms with Crippen LogP contribution in [0.5, 0.6) is 0 Å². The van der Waals surface area contributed by atoms with Crippen molar-refractivity contribution < 1.29 is 13.2 Å². The molecule has 1 aromatic rings. The second kappa shape index (κ2) is 6.28. The van der Waals surface area contributed by atoms with Crippen molar-refractivity contribution in [1.29, 1.82) is 0 Å².